The monoisotopic (exact) mass is 558 g/mol. The molecule has 40 heavy (non-hydrogen) atoms. The summed E-state index contributed by atoms with van der Waals surface area (Å²) in [5, 5.41) is 20.0. The second kappa shape index (κ2) is 11.3. The van der Waals surface area contributed by atoms with Crippen LogP contribution in [0.4, 0.5) is 29.0 Å². The normalized spacial score (nSPS) is 17.9. The fraction of sp³-hybridized carbons (Fsp3) is 0.433. The first-order chi connectivity index (χ1) is 19.3. The number of nitrogens with zero attached hydrogens (tertiary/aromatic N) is 6. The van der Waals surface area contributed by atoms with E-state index in [9.17, 15) is 5.11 Å². The Balaban J connectivity index is 1.12. The van der Waals surface area contributed by atoms with Crippen molar-refractivity contribution in [2.75, 3.05) is 61.8 Å². The predicted octanol–water partition coefficient (Wildman–Crippen LogP) is 5.02. The van der Waals surface area contributed by atoms with Gasteiger partial charge in [0.05, 0.1) is 11.1 Å². The molecule has 4 aromatic rings. The molecule has 10 heteroatoms. The smallest absolute Gasteiger partial charge is 0.230 e. The highest BCUT2D eigenvalue weighted by molar-refractivity contribution is 7.16. The van der Waals surface area contributed by atoms with Gasteiger partial charge in [0, 0.05) is 56.7 Å². The van der Waals surface area contributed by atoms with Crippen molar-refractivity contribution < 1.29 is 5.11 Å². The average molecular weight is 559 g/mol. The Bertz CT molecular complexity index is 1430. The molecular weight excluding hydrogens is 520 g/mol. The van der Waals surface area contributed by atoms with Crippen molar-refractivity contribution in [3.63, 3.8) is 0 Å². The standard InChI is InChI=1S/C30H38N8OS/c1-30(2,39)25-5-4-6-26(32-25)33-27-24-13-20-40-28(24)35-29(34-27)31-21-7-9-22(10-8-21)37-14-11-23(12-15-37)38-18-16-36(3)17-19-38/h4-10,13,20,23,39H,11-12,14-19H2,1-3H3,(H2,31,32,33,34,35). The lowest BCUT2D eigenvalue weighted by Gasteiger charge is -2.42. The van der Waals surface area contributed by atoms with Crippen LogP contribution in [0.15, 0.2) is 53.9 Å². The molecule has 2 saturated heterocycles. The van der Waals surface area contributed by atoms with E-state index in [0.29, 0.717) is 29.3 Å². The van der Waals surface area contributed by atoms with E-state index in [1.807, 2.05) is 29.6 Å². The lowest BCUT2D eigenvalue weighted by atomic mass is 10.0. The zero-order valence-electron chi connectivity index (χ0n) is 23.5. The molecule has 210 valence electrons. The van der Waals surface area contributed by atoms with Gasteiger partial charge in [0.2, 0.25) is 5.95 Å². The Morgan fingerprint density at radius 3 is 2.35 bits per heavy atom. The molecule has 2 fully saturated rings. The van der Waals surface area contributed by atoms with Crippen molar-refractivity contribution in [3.05, 3.63) is 59.6 Å². The summed E-state index contributed by atoms with van der Waals surface area (Å²) in [4.78, 5) is 22.6. The second-order valence-electron chi connectivity index (χ2n) is 11.4. The Kier molecular flexibility index (Phi) is 7.59. The van der Waals surface area contributed by atoms with Crippen LogP contribution in [0.25, 0.3) is 10.2 Å². The summed E-state index contributed by atoms with van der Waals surface area (Å²) in [7, 11) is 2.22. The number of hydrogen-bond acceptors (Lipinski definition) is 10. The maximum Gasteiger partial charge on any atom is 0.230 e. The highest BCUT2D eigenvalue weighted by Crippen LogP contribution is 2.31. The molecule has 3 N–H and O–H groups in total. The van der Waals surface area contributed by atoms with Gasteiger partial charge in [0.25, 0.3) is 0 Å². The second-order valence-corrected chi connectivity index (χ2v) is 12.3. The number of anilines is 5. The number of fused-ring (bicyclic) bond motifs is 1. The zero-order valence-corrected chi connectivity index (χ0v) is 24.3. The van der Waals surface area contributed by atoms with Crippen LogP contribution in [0.1, 0.15) is 32.4 Å². The Morgan fingerprint density at radius 2 is 1.62 bits per heavy atom. The first-order valence-corrected chi connectivity index (χ1v) is 15.0. The molecule has 5 heterocycles. The van der Waals surface area contributed by atoms with Crippen molar-refractivity contribution >= 4 is 50.5 Å². The number of aliphatic hydroxyl groups is 1. The lowest BCUT2D eigenvalue weighted by Crippen LogP contribution is -2.52. The van der Waals surface area contributed by atoms with Crippen LogP contribution in [0.2, 0.25) is 0 Å². The molecule has 0 aliphatic carbocycles. The summed E-state index contributed by atoms with van der Waals surface area (Å²) in [6.07, 6.45) is 2.45. The molecule has 0 saturated carbocycles. The van der Waals surface area contributed by atoms with Gasteiger partial charge in [-0.2, -0.15) is 4.98 Å². The van der Waals surface area contributed by atoms with E-state index in [-0.39, 0.29) is 0 Å². The zero-order chi connectivity index (χ0) is 27.7. The van der Waals surface area contributed by atoms with E-state index in [4.69, 9.17) is 9.97 Å². The maximum absolute atomic E-state index is 10.4. The molecule has 2 aliphatic rings. The molecule has 0 radical (unpaired) electrons. The van der Waals surface area contributed by atoms with Gasteiger partial charge in [-0.05, 0) is 81.6 Å². The summed E-state index contributed by atoms with van der Waals surface area (Å²) in [5.74, 6) is 1.82. The highest BCUT2D eigenvalue weighted by Gasteiger charge is 2.26. The Hall–Kier alpha value is -3.31. The highest BCUT2D eigenvalue weighted by atomic mass is 32.1. The lowest BCUT2D eigenvalue weighted by molar-refractivity contribution is 0.0740. The topological polar surface area (TPSA) is 92.7 Å². The van der Waals surface area contributed by atoms with Crippen molar-refractivity contribution in [1.29, 1.82) is 0 Å². The van der Waals surface area contributed by atoms with E-state index in [0.717, 1.165) is 29.0 Å². The number of hydrogen-bond donors (Lipinski definition) is 3. The number of aromatic nitrogens is 3. The summed E-state index contributed by atoms with van der Waals surface area (Å²) >= 11 is 1.57. The van der Waals surface area contributed by atoms with Gasteiger partial charge in [-0.15, -0.1) is 11.3 Å². The van der Waals surface area contributed by atoms with E-state index < -0.39 is 5.60 Å². The molecule has 3 aromatic heterocycles. The average Bonchev–Trinajstić information content (AvgIpc) is 3.43. The summed E-state index contributed by atoms with van der Waals surface area (Å²) in [6.45, 7) is 10.4. The minimum absolute atomic E-state index is 0.525. The van der Waals surface area contributed by atoms with Gasteiger partial charge in [-0.1, -0.05) is 6.07 Å². The van der Waals surface area contributed by atoms with E-state index in [2.05, 4.69) is 61.6 Å². The third-order valence-electron chi connectivity index (χ3n) is 7.95. The number of benzene rings is 1. The molecule has 9 nitrogen and oxygen atoms in total. The first kappa shape index (κ1) is 26.9. The van der Waals surface area contributed by atoms with Crippen LogP contribution in [0.3, 0.4) is 0 Å². The van der Waals surface area contributed by atoms with Crippen LogP contribution in [-0.2, 0) is 5.60 Å². The SMILES string of the molecule is CN1CCN(C2CCN(c3ccc(Nc4nc(Nc5cccc(C(C)(C)O)n5)c5ccsc5n4)cc3)CC2)CC1. The molecule has 6 rings (SSSR count). The fourth-order valence-corrected chi connectivity index (χ4v) is 6.30. The van der Waals surface area contributed by atoms with Crippen LogP contribution in [0, 0.1) is 0 Å². The van der Waals surface area contributed by atoms with E-state index >= 15 is 0 Å². The van der Waals surface area contributed by atoms with Crippen LogP contribution in [0.5, 0.6) is 0 Å². The van der Waals surface area contributed by atoms with Crippen LogP contribution >= 0.6 is 11.3 Å². The van der Waals surface area contributed by atoms with Crippen molar-refractivity contribution in [2.45, 2.75) is 38.3 Å². The molecule has 0 unspecified atom stereocenters. The number of nitrogens with one attached hydrogen (secondary N) is 2. The third-order valence-corrected chi connectivity index (χ3v) is 8.76. The molecule has 0 atom stereocenters. The summed E-state index contributed by atoms with van der Waals surface area (Å²) < 4.78 is 0. The fourth-order valence-electron chi connectivity index (χ4n) is 5.53. The Labute approximate surface area is 239 Å². The van der Waals surface area contributed by atoms with Crippen LogP contribution in [-0.4, -0.2) is 82.2 Å². The summed E-state index contributed by atoms with van der Waals surface area (Å²) in [5.41, 5.74) is 1.77. The number of piperazine rings is 1. The van der Waals surface area contributed by atoms with E-state index in [1.54, 1.807) is 25.2 Å². The van der Waals surface area contributed by atoms with Crippen LogP contribution < -0.4 is 15.5 Å². The largest absolute Gasteiger partial charge is 0.384 e. The first-order valence-electron chi connectivity index (χ1n) is 14.1. The van der Waals surface area contributed by atoms with E-state index in [1.165, 1.54) is 44.7 Å². The van der Waals surface area contributed by atoms with Crippen molar-refractivity contribution in [2.24, 2.45) is 0 Å². The van der Waals surface area contributed by atoms with Gasteiger partial charge in [-0.3, -0.25) is 4.90 Å². The van der Waals surface area contributed by atoms with Crippen molar-refractivity contribution in [3.8, 4) is 0 Å². The molecular formula is C30H38N8OS. The minimum atomic E-state index is -1.03. The summed E-state index contributed by atoms with van der Waals surface area (Å²) in [6, 6.07) is 16.9. The van der Waals surface area contributed by atoms with Gasteiger partial charge in [0.1, 0.15) is 22.1 Å². The number of thiophene rings is 1. The quantitative estimate of drug-likeness (QED) is 0.289. The predicted molar refractivity (Wildman–Crippen MR) is 164 cm³/mol. The van der Waals surface area contributed by atoms with Gasteiger partial charge in [-0.25, -0.2) is 9.97 Å². The maximum atomic E-state index is 10.4. The number of piperidine rings is 1. The molecule has 0 bridgehead atoms. The van der Waals surface area contributed by atoms with Gasteiger partial charge in [0.15, 0.2) is 0 Å². The van der Waals surface area contributed by atoms with Gasteiger partial charge >= 0.3 is 0 Å². The minimum Gasteiger partial charge on any atom is -0.384 e. The Morgan fingerprint density at radius 1 is 0.875 bits per heavy atom. The molecule has 1 aromatic carbocycles. The van der Waals surface area contributed by atoms with Gasteiger partial charge < -0.3 is 25.5 Å². The number of rotatable bonds is 7. The molecule has 0 spiro atoms. The van der Waals surface area contributed by atoms with Crippen molar-refractivity contribution in [1.82, 2.24) is 24.8 Å². The molecule has 2 aliphatic heterocycles. The third kappa shape index (κ3) is 6.05. The number of pyridine rings is 1. The molecule has 0 amide bonds. The number of likely N-dealkylation sites (N-methyl/N-ethyl adjacent to an activating group) is 1.